The summed E-state index contributed by atoms with van der Waals surface area (Å²) in [5.41, 5.74) is 1.91. The molecule has 0 atom stereocenters. The van der Waals surface area contributed by atoms with Crippen LogP contribution in [-0.4, -0.2) is 25.7 Å². The number of rotatable bonds is 3. The van der Waals surface area contributed by atoms with Crippen molar-refractivity contribution >= 4 is 22.5 Å². The van der Waals surface area contributed by atoms with Gasteiger partial charge < -0.3 is 14.9 Å². The van der Waals surface area contributed by atoms with Gasteiger partial charge in [0.2, 0.25) is 5.88 Å². The van der Waals surface area contributed by atoms with Gasteiger partial charge in [-0.25, -0.2) is 15.0 Å². The van der Waals surface area contributed by atoms with Gasteiger partial charge >= 0.3 is 0 Å². The molecule has 0 bridgehead atoms. The Kier molecular flexibility index (Phi) is 3.89. The van der Waals surface area contributed by atoms with Gasteiger partial charge in [-0.3, -0.25) is 0 Å². The predicted molar refractivity (Wildman–Crippen MR) is 77.2 cm³/mol. The molecule has 0 N–H and O–H groups in total. The fourth-order valence-electron chi connectivity index (χ4n) is 2.09. The average Bonchev–Trinajstić information content (AvgIpc) is 3.04. The Morgan fingerprint density at radius 1 is 1.23 bits per heavy atom. The van der Waals surface area contributed by atoms with Crippen LogP contribution in [0.1, 0.15) is 19.8 Å². The maximum Gasteiger partial charge on any atom is 0.214 e. The van der Waals surface area contributed by atoms with Gasteiger partial charge in [-0.1, -0.05) is 17.1 Å². The summed E-state index contributed by atoms with van der Waals surface area (Å²) in [4.78, 5) is 12.3. The monoisotopic (exact) mass is 406 g/mol. The molecule has 0 spiro atoms. The molecule has 1 aliphatic carbocycles. The van der Waals surface area contributed by atoms with E-state index in [1.807, 2.05) is 6.07 Å². The SMILES string of the molecule is CC1(Oc2cc3c(-c4cc(Cl)ncn4)n[n-]c3cn2)CC1.[Pd]. The van der Waals surface area contributed by atoms with Gasteiger partial charge in [-0.2, -0.15) is 0 Å². The standard InChI is InChI=1S/C14H11ClN5O.Pd/c1-14(2-3-14)21-12-4-8-10(6-16-12)19-20-13(8)9-5-11(15)18-7-17-9;/h4-7H,2-3H2,1H3;/q-1;. The second-order valence-electron chi connectivity index (χ2n) is 5.37. The third-order valence-electron chi connectivity index (χ3n) is 3.55. The molecule has 4 rings (SSSR count). The van der Waals surface area contributed by atoms with E-state index < -0.39 is 0 Å². The number of fused-ring (bicyclic) bond motifs is 1. The average molecular weight is 407 g/mol. The fraction of sp³-hybridized carbons (Fsp3) is 0.286. The summed E-state index contributed by atoms with van der Waals surface area (Å²) in [6.07, 6.45) is 5.18. The molecule has 1 aliphatic rings. The van der Waals surface area contributed by atoms with Gasteiger partial charge in [0.15, 0.2) is 0 Å². The first kappa shape index (κ1) is 15.4. The summed E-state index contributed by atoms with van der Waals surface area (Å²) in [7, 11) is 0. The Bertz CT molecular complexity index is 833. The van der Waals surface area contributed by atoms with Crippen LogP contribution in [0.5, 0.6) is 5.88 Å². The molecule has 6 nitrogen and oxygen atoms in total. The molecule has 3 aromatic heterocycles. The van der Waals surface area contributed by atoms with Gasteiger partial charge in [0.1, 0.15) is 17.1 Å². The first-order valence-corrected chi connectivity index (χ1v) is 6.97. The van der Waals surface area contributed by atoms with Gasteiger partial charge in [-0.05, 0) is 25.2 Å². The number of hydrogen-bond donors (Lipinski definition) is 0. The zero-order chi connectivity index (χ0) is 14.4. The van der Waals surface area contributed by atoms with Crippen LogP contribution in [0.4, 0.5) is 0 Å². The van der Waals surface area contributed by atoms with Gasteiger partial charge in [0.25, 0.3) is 0 Å². The van der Waals surface area contributed by atoms with E-state index in [2.05, 4.69) is 32.1 Å². The van der Waals surface area contributed by atoms with Crippen LogP contribution < -0.4 is 9.84 Å². The van der Waals surface area contributed by atoms with Crippen LogP contribution in [0.25, 0.3) is 22.3 Å². The Hall–Kier alpha value is -1.55. The predicted octanol–water partition coefficient (Wildman–Crippen LogP) is 2.63. The molecular weight excluding hydrogens is 396 g/mol. The smallest absolute Gasteiger partial charge is 0.214 e. The number of hydrogen-bond acceptors (Lipinski definition) is 5. The molecule has 8 heteroatoms. The van der Waals surface area contributed by atoms with Gasteiger partial charge in [0, 0.05) is 38.8 Å². The minimum Gasteiger partial charge on any atom is -0.573 e. The molecule has 1 fully saturated rings. The molecule has 116 valence electrons. The molecule has 0 saturated heterocycles. The topological polar surface area (TPSA) is 74.9 Å². The van der Waals surface area contributed by atoms with Crippen LogP contribution >= 0.6 is 11.6 Å². The Morgan fingerprint density at radius 2 is 2.05 bits per heavy atom. The van der Waals surface area contributed by atoms with Crippen molar-refractivity contribution in [3.63, 3.8) is 0 Å². The molecule has 3 heterocycles. The zero-order valence-corrected chi connectivity index (χ0v) is 13.9. The van der Waals surface area contributed by atoms with E-state index >= 15 is 0 Å². The van der Waals surface area contributed by atoms with E-state index in [0.717, 1.165) is 18.2 Å². The minimum absolute atomic E-state index is 0. The fourth-order valence-corrected chi connectivity index (χ4v) is 2.24. The van der Waals surface area contributed by atoms with Crippen LogP contribution in [0.3, 0.4) is 0 Å². The van der Waals surface area contributed by atoms with Crippen LogP contribution in [0, 0.1) is 0 Å². The van der Waals surface area contributed by atoms with E-state index in [1.165, 1.54) is 6.33 Å². The van der Waals surface area contributed by atoms with Crippen molar-refractivity contribution in [3.8, 4) is 17.3 Å². The number of ether oxygens (including phenoxy) is 1. The molecule has 0 aromatic carbocycles. The van der Waals surface area contributed by atoms with Gasteiger partial charge in [0.05, 0.1) is 11.4 Å². The van der Waals surface area contributed by atoms with Crippen LogP contribution in [-0.2, 0) is 20.4 Å². The molecule has 0 radical (unpaired) electrons. The van der Waals surface area contributed by atoms with Crippen LogP contribution in [0.15, 0.2) is 24.7 Å². The quantitative estimate of drug-likeness (QED) is 0.491. The summed E-state index contributed by atoms with van der Waals surface area (Å²) in [6.45, 7) is 2.07. The molecule has 0 aliphatic heterocycles. The zero-order valence-electron chi connectivity index (χ0n) is 11.6. The van der Waals surface area contributed by atoms with E-state index in [0.29, 0.717) is 27.9 Å². The summed E-state index contributed by atoms with van der Waals surface area (Å²) in [6, 6.07) is 3.51. The second-order valence-corrected chi connectivity index (χ2v) is 5.75. The number of pyridine rings is 1. The van der Waals surface area contributed by atoms with Crippen molar-refractivity contribution in [1.29, 1.82) is 0 Å². The largest absolute Gasteiger partial charge is 0.573 e. The number of nitrogens with zero attached hydrogens (tertiary/aromatic N) is 5. The third kappa shape index (κ3) is 2.84. The van der Waals surface area contributed by atoms with Crippen molar-refractivity contribution < 1.29 is 25.2 Å². The van der Waals surface area contributed by atoms with E-state index in [1.54, 1.807) is 12.3 Å². The van der Waals surface area contributed by atoms with Crippen molar-refractivity contribution in [3.05, 3.63) is 29.8 Å². The van der Waals surface area contributed by atoms with Crippen LogP contribution in [0.2, 0.25) is 5.15 Å². The summed E-state index contributed by atoms with van der Waals surface area (Å²) in [5.74, 6) is 0.582. The maximum absolute atomic E-state index is 5.90. The number of halogens is 1. The summed E-state index contributed by atoms with van der Waals surface area (Å²) >= 11 is 5.90. The Morgan fingerprint density at radius 3 is 2.77 bits per heavy atom. The second kappa shape index (κ2) is 5.58. The van der Waals surface area contributed by atoms with E-state index in [-0.39, 0.29) is 26.0 Å². The van der Waals surface area contributed by atoms with Crippen molar-refractivity contribution in [2.45, 2.75) is 25.4 Å². The Labute approximate surface area is 145 Å². The molecular formula is C14H11ClN5OPd-. The maximum atomic E-state index is 5.90. The summed E-state index contributed by atoms with van der Waals surface area (Å²) < 4.78 is 5.88. The van der Waals surface area contributed by atoms with E-state index in [4.69, 9.17) is 16.3 Å². The Balaban J connectivity index is 0.00000144. The number of aromatic nitrogens is 5. The normalized spacial score (nSPS) is 15.4. The minimum atomic E-state index is -0.0769. The first-order chi connectivity index (χ1) is 10.1. The molecule has 3 aromatic rings. The summed E-state index contributed by atoms with van der Waals surface area (Å²) in [5, 5.41) is 9.49. The van der Waals surface area contributed by atoms with Crippen molar-refractivity contribution in [1.82, 2.24) is 25.1 Å². The molecule has 0 amide bonds. The molecule has 0 unspecified atom stereocenters. The van der Waals surface area contributed by atoms with Crippen molar-refractivity contribution in [2.24, 2.45) is 0 Å². The first-order valence-electron chi connectivity index (χ1n) is 6.59. The van der Waals surface area contributed by atoms with E-state index in [9.17, 15) is 0 Å². The van der Waals surface area contributed by atoms with Gasteiger partial charge in [-0.15, -0.1) is 0 Å². The molecule has 1 saturated carbocycles. The van der Waals surface area contributed by atoms with Crippen molar-refractivity contribution in [2.75, 3.05) is 0 Å². The molecule has 22 heavy (non-hydrogen) atoms. The third-order valence-corrected chi connectivity index (χ3v) is 3.76.